The Morgan fingerprint density at radius 1 is 0.895 bits per heavy atom. The molecule has 0 amide bonds. The van der Waals surface area contributed by atoms with E-state index in [-0.39, 0.29) is 19.5 Å². The first kappa shape index (κ1) is 17.6. The van der Waals surface area contributed by atoms with Gasteiger partial charge in [0.2, 0.25) is 0 Å². The minimum atomic E-state index is -2.06. The van der Waals surface area contributed by atoms with Crippen molar-refractivity contribution < 1.29 is 49.1 Å². The normalized spacial score (nSPS) is 8.63. The van der Waals surface area contributed by atoms with E-state index in [2.05, 4.69) is 19.7 Å². The predicted octanol–water partition coefficient (Wildman–Crippen LogP) is -4.70. The Morgan fingerprint density at radius 2 is 1.26 bits per heavy atom. The Balaban J connectivity index is 0.000000324. The molecule has 2 aromatic rings. The largest absolute Gasteiger partial charge is 2.00 e. The van der Waals surface area contributed by atoms with Gasteiger partial charge in [0, 0.05) is 0 Å². The van der Waals surface area contributed by atoms with E-state index < -0.39 is 14.6 Å². The molecule has 10 nitrogen and oxygen atoms in total. The zero-order chi connectivity index (χ0) is 13.4. The van der Waals surface area contributed by atoms with Gasteiger partial charge in [-0.1, -0.05) is 0 Å². The van der Waals surface area contributed by atoms with Gasteiger partial charge in [-0.2, -0.15) is 0 Å². The standard InChI is InChI=1S/2C3H4BN2O3.Zn/c2*7-4(8)9-6-3-1-2-5-6;/h2*1-3,7H;/q2*-1;+2. The van der Waals surface area contributed by atoms with Gasteiger partial charge in [-0.25, -0.2) is 0 Å². The number of hydrogen-bond acceptors (Lipinski definition) is 8. The number of nitrogens with zero attached hydrogens (tertiary/aromatic N) is 4. The Morgan fingerprint density at radius 3 is 1.47 bits per heavy atom. The van der Waals surface area contributed by atoms with E-state index in [0.717, 1.165) is 9.69 Å². The molecule has 0 aliphatic carbocycles. The molecule has 2 N–H and O–H groups in total. The molecule has 0 unspecified atom stereocenters. The predicted molar refractivity (Wildman–Crippen MR) is 53.6 cm³/mol. The molecular weight excluding hydrogens is 311 g/mol. The Bertz CT molecular complexity index is 373. The average molecular weight is 319 g/mol. The average Bonchev–Trinajstić information content (AvgIpc) is 2.90. The molecule has 13 heteroatoms. The van der Waals surface area contributed by atoms with Crippen LogP contribution in [0, 0.1) is 0 Å². The monoisotopic (exact) mass is 318 g/mol. The van der Waals surface area contributed by atoms with Crippen LogP contribution in [0.5, 0.6) is 0 Å². The van der Waals surface area contributed by atoms with E-state index >= 15 is 0 Å². The molecule has 0 aromatic carbocycles. The van der Waals surface area contributed by atoms with Crippen LogP contribution in [0.15, 0.2) is 36.9 Å². The first-order valence-corrected chi connectivity index (χ1v) is 4.59. The van der Waals surface area contributed by atoms with Gasteiger partial charge >= 0.3 is 34.1 Å². The van der Waals surface area contributed by atoms with Crippen molar-refractivity contribution in [3.8, 4) is 0 Å². The van der Waals surface area contributed by atoms with Crippen LogP contribution in [0.4, 0.5) is 0 Å². The Hall–Kier alpha value is -1.39. The van der Waals surface area contributed by atoms with E-state index in [1.165, 1.54) is 24.8 Å². The van der Waals surface area contributed by atoms with Crippen molar-refractivity contribution in [3.05, 3.63) is 36.9 Å². The van der Waals surface area contributed by atoms with Crippen molar-refractivity contribution in [2.24, 2.45) is 0 Å². The number of aromatic nitrogens is 4. The van der Waals surface area contributed by atoms with Crippen molar-refractivity contribution in [3.63, 3.8) is 0 Å². The van der Waals surface area contributed by atoms with Crippen LogP contribution in [-0.2, 0) is 19.5 Å². The summed E-state index contributed by atoms with van der Waals surface area (Å²) in [6, 6.07) is 3.14. The van der Waals surface area contributed by atoms with Gasteiger partial charge in [0.1, 0.15) is 0 Å². The van der Waals surface area contributed by atoms with Crippen LogP contribution < -0.4 is 19.6 Å². The molecule has 0 bridgehead atoms. The second-order valence-corrected chi connectivity index (χ2v) is 2.64. The maximum atomic E-state index is 9.87. The molecule has 0 saturated carbocycles. The van der Waals surface area contributed by atoms with Crippen molar-refractivity contribution in [2.75, 3.05) is 0 Å². The minimum absolute atomic E-state index is 0. The molecule has 0 aliphatic heterocycles. The van der Waals surface area contributed by atoms with Gasteiger partial charge in [-0.3, -0.25) is 0 Å². The topological polar surface area (TPSA) is 141 Å². The van der Waals surface area contributed by atoms with Gasteiger partial charge in [0.25, 0.3) is 0 Å². The Kier molecular flexibility index (Phi) is 8.84. The second kappa shape index (κ2) is 9.53. The molecule has 0 saturated heterocycles. The first-order chi connectivity index (χ1) is 8.58. The molecular formula is C6H8B2N4O6Zn. The molecule has 0 spiro atoms. The van der Waals surface area contributed by atoms with Crippen LogP contribution in [0.25, 0.3) is 0 Å². The smallest absolute Gasteiger partial charge is 0.819 e. The van der Waals surface area contributed by atoms with Crippen molar-refractivity contribution in [2.45, 2.75) is 0 Å². The van der Waals surface area contributed by atoms with Gasteiger partial charge in [0.05, 0.1) is 24.8 Å². The van der Waals surface area contributed by atoms with E-state index in [4.69, 9.17) is 10.0 Å². The van der Waals surface area contributed by atoms with Crippen molar-refractivity contribution in [1.82, 2.24) is 19.9 Å². The van der Waals surface area contributed by atoms with Gasteiger partial charge < -0.3 is 29.6 Å². The maximum absolute atomic E-state index is 9.87. The summed E-state index contributed by atoms with van der Waals surface area (Å²) in [6.07, 6.45) is 5.67. The third-order valence-corrected chi connectivity index (χ3v) is 1.36. The molecule has 0 fully saturated rings. The molecule has 2 rings (SSSR count). The van der Waals surface area contributed by atoms with E-state index in [1.54, 1.807) is 12.1 Å². The summed E-state index contributed by atoms with van der Waals surface area (Å²) in [7, 11) is -4.13. The van der Waals surface area contributed by atoms with E-state index in [9.17, 15) is 10.0 Å². The summed E-state index contributed by atoms with van der Waals surface area (Å²) in [6.45, 7) is 0. The first-order valence-electron chi connectivity index (χ1n) is 4.59. The van der Waals surface area contributed by atoms with Crippen LogP contribution in [0.2, 0.25) is 0 Å². The minimum Gasteiger partial charge on any atom is -0.819 e. The summed E-state index contributed by atoms with van der Waals surface area (Å²) in [5.41, 5.74) is 0. The fourth-order valence-electron chi connectivity index (χ4n) is 0.819. The summed E-state index contributed by atoms with van der Waals surface area (Å²) >= 11 is 0. The summed E-state index contributed by atoms with van der Waals surface area (Å²) in [5.74, 6) is 0. The van der Waals surface area contributed by atoms with Crippen LogP contribution >= 0.6 is 0 Å². The van der Waals surface area contributed by atoms with Crippen LogP contribution in [0.3, 0.4) is 0 Å². The van der Waals surface area contributed by atoms with Gasteiger partial charge in [-0.05, 0) is 12.1 Å². The molecule has 0 atom stereocenters. The number of rotatable bonds is 4. The van der Waals surface area contributed by atoms with E-state index in [1.807, 2.05) is 0 Å². The zero-order valence-corrected chi connectivity index (χ0v) is 12.6. The van der Waals surface area contributed by atoms with Crippen molar-refractivity contribution in [1.29, 1.82) is 0 Å². The maximum Gasteiger partial charge on any atom is 2.00 e. The third kappa shape index (κ3) is 8.35. The molecule has 0 radical (unpaired) electrons. The SMILES string of the molecule is [O-]B(O)On1cccn1.[O-]B(O)On1cccn1.[Zn+2]. The fraction of sp³-hybridized carbons (Fsp3) is 0. The molecule has 2 aromatic heterocycles. The van der Waals surface area contributed by atoms with E-state index in [0.29, 0.717) is 0 Å². The number of hydrogen-bond donors (Lipinski definition) is 2. The summed E-state index contributed by atoms with van der Waals surface area (Å²) in [5, 5.41) is 42.9. The van der Waals surface area contributed by atoms with Crippen LogP contribution in [-0.4, -0.2) is 44.6 Å². The zero-order valence-electron chi connectivity index (χ0n) is 9.64. The molecule has 19 heavy (non-hydrogen) atoms. The van der Waals surface area contributed by atoms with Gasteiger partial charge in [0.15, 0.2) is 0 Å². The van der Waals surface area contributed by atoms with Gasteiger partial charge in [-0.15, -0.1) is 19.9 Å². The molecule has 96 valence electrons. The molecule has 0 aliphatic rings. The van der Waals surface area contributed by atoms with Crippen LogP contribution in [0.1, 0.15) is 0 Å². The quantitative estimate of drug-likeness (QED) is 0.536. The molecule has 2 heterocycles. The third-order valence-electron chi connectivity index (χ3n) is 1.36. The Labute approximate surface area is 121 Å². The summed E-state index contributed by atoms with van der Waals surface area (Å²) < 4.78 is 8.32. The fourth-order valence-corrected chi connectivity index (χ4v) is 0.819. The summed E-state index contributed by atoms with van der Waals surface area (Å²) in [4.78, 5) is 1.77. The second-order valence-electron chi connectivity index (χ2n) is 2.64. The van der Waals surface area contributed by atoms with Crippen molar-refractivity contribution >= 4 is 14.6 Å².